The van der Waals surface area contributed by atoms with Crippen molar-refractivity contribution in [2.45, 2.75) is 12.8 Å². The van der Waals surface area contributed by atoms with Gasteiger partial charge in [0, 0.05) is 36.1 Å². The molecule has 3 aromatic rings. The van der Waals surface area contributed by atoms with Crippen molar-refractivity contribution in [1.29, 1.82) is 0 Å². The summed E-state index contributed by atoms with van der Waals surface area (Å²) in [6, 6.07) is 16.6. The lowest BCUT2D eigenvalue weighted by molar-refractivity contribution is 0.414. The Kier molecular flexibility index (Phi) is 6.14. The molecule has 5 heteroatoms. The summed E-state index contributed by atoms with van der Waals surface area (Å²) in [7, 11) is 1.68. The standard InChI is InChI=1S/C22H25N3OS/c1-15(2)12-24-22(27)25-13-19(16-8-10-17(26-3)11-9-16)20-14-23-21-7-5-4-6-18(20)21/h4-11,14,19,23H,1,12-13H2,2-3H3,(H2,24,25,27)/t19-/m1/s1. The zero-order valence-corrected chi connectivity index (χ0v) is 16.5. The third-order valence-corrected chi connectivity index (χ3v) is 4.82. The van der Waals surface area contributed by atoms with Crippen LogP contribution < -0.4 is 15.4 Å². The number of aromatic nitrogens is 1. The molecule has 0 radical (unpaired) electrons. The van der Waals surface area contributed by atoms with Crippen molar-refractivity contribution in [2.75, 3.05) is 20.2 Å². The molecular formula is C22H25N3OS. The lowest BCUT2D eigenvalue weighted by Gasteiger charge is -2.20. The second-order valence-electron chi connectivity index (χ2n) is 6.64. The maximum absolute atomic E-state index is 5.41. The minimum absolute atomic E-state index is 0.150. The molecule has 0 bridgehead atoms. The molecule has 0 aliphatic rings. The van der Waals surface area contributed by atoms with Gasteiger partial charge in [0.2, 0.25) is 0 Å². The predicted octanol–water partition coefficient (Wildman–Crippen LogP) is 4.35. The molecule has 0 fully saturated rings. The van der Waals surface area contributed by atoms with Gasteiger partial charge in [0.1, 0.15) is 5.75 Å². The van der Waals surface area contributed by atoms with E-state index in [-0.39, 0.29) is 5.92 Å². The molecule has 0 spiro atoms. The van der Waals surface area contributed by atoms with E-state index in [1.807, 2.05) is 25.1 Å². The Labute approximate surface area is 165 Å². The van der Waals surface area contributed by atoms with Crippen molar-refractivity contribution in [3.05, 3.63) is 78.0 Å². The van der Waals surface area contributed by atoms with E-state index in [0.29, 0.717) is 18.2 Å². The molecule has 1 atom stereocenters. The van der Waals surface area contributed by atoms with E-state index in [9.17, 15) is 0 Å². The van der Waals surface area contributed by atoms with E-state index in [4.69, 9.17) is 17.0 Å². The second kappa shape index (κ2) is 8.73. The smallest absolute Gasteiger partial charge is 0.166 e. The molecule has 1 heterocycles. The molecule has 0 aliphatic heterocycles. The first-order valence-corrected chi connectivity index (χ1v) is 9.35. The zero-order chi connectivity index (χ0) is 19.2. The Morgan fingerprint density at radius 3 is 2.59 bits per heavy atom. The molecule has 0 saturated carbocycles. The number of H-pyrrole nitrogens is 1. The highest BCUT2D eigenvalue weighted by Crippen LogP contribution is 2.31. The molecule has 0 aliphatic carbocycles. The second-order valence-corrected chi connectivity index (χ2v) is 7.04. The summed E-state index contributed by atoms with van der Waals surface area (Å²) in [5, 5.41) is 8.39. The molecule has 0 unspecified atom stereocenters. The number of benzene rings is 2. The lowest BCUT2D eigenvalue weighted by Crippen LogP contribution is -2.38. The minimum atomic E-state index is 0.150. The van der Waals surface area contributed by atoms with Crippen LogP contribution in [-0.2, 0) is 0 Å². The van der Waals surface area contributed by atoms with Gasteiger partial charge in [-0.2, -0.15) is 0 Å². The fourth-order valence-electron chi connectivity index (χ4n) is 3.11. The van der Waals surface area contributed by atoms with Crippen molar-refractivity contribution in [3.8, 4) is 5.75 Å². The number of para-hydroxylation sites is 1. The molecule has 1 aromatic heterocycles. The lowest BCUT2D eigenvalue weighted by atomic mass is 9.91. The van der Waals surface area contributed by atoms with Crippen LogP contribution in [0.3, 0.4) is 0 Å². The zero-order valence-electron chi connectivity index (χ0n) is 15.7. The van der Waals surface area contributed by atoms with Crippen molar-refractivity contribution in [1.82, 2.24) is 15.6 Å². The summed E-state index contributed by atoms with van der Waals surface area (Å²) in [6.45, 7) is 7.23. The SMILES string of the molecule is C=C(C)CNC(=S)NC[C@H](c1ccc(OC)cc1)c1c[nH]c2ccccc12. The maximum atomic E-state index is 5.41. The summed E-state index contributed by atoms with van der Waals surface area (Å²) in [4.78, 5) is 3.38. The first-order valence-electron chi connectivity index (χ1n) is 8.94. The van der Waals surface area contributed by atoms with Gasteiger partial charge in [0.15, 0.2) is 5.11 Å². The third kappa shape index (κ3) is 4.68. The summed E-state index contributed by atoms with van der Waals surface area (Å²) < 4.78 is 5.30. The normalized spacial score (nSPS) is 11.8. The van der Waals surface area contributed by atoms with Gasteiger partial charge in [-0.1, -0.05) is 42.5 Å². The average molecular weight is 380 g/mol. The first kappa shape index (κ1) is 19.0. The van der Waals surface area contributed by atoms with Crippen molar-refractivity contribution in [3.63, 3.8) is 0 Å². The van der Waals surface area contributed by atoms with E-state index in [0.717, 1.165) is 16.8 Å². The van der Waals surface area contributed by atoms with Gasteiger partial charge >= 0.3 is 0 Å². The highest BCUT2D eigenvalue weighted by molar-refractivity contribution is 7.80. The van der Waals surface area contributed by atoms with Gasteiger partial charge in [-0.05, 0) is 48.5 Å². The summed E-state index contributed by atoms with van der Waals surface area (Å²) in [5.41, 5.74) is 4.62. The molecule has 3 rings (SSSR count). The molecule has 27 heavy (non-hydrogen) atoms. The molecular weight excluding hydrogens is 354 g/mol. The van der Waals surface area contributed by atoms with Crippen LogP contribution in [0.2, 0.25) is 0 Å². The van der Waals surface area contributed by atoms with Crippen LogP contribution >= 0.6 is 12.2 Å². The molecule has 2 aromatic carbocycles. The van der Waals surface area contributed by atoms with E-state index in [2.05, 4.69) is 58.7 Å². The highest BCUT2D eigenvalue weighted by atomic mass is 32.1. The van der Waals surface area contributed by atoms with Crippen LogP contribution in [-0.4, -0.2) is 30.3 Å². The van der Waals surface area contributed by atoms with Gasteiger partial charge < -0.3 is 20.4 Å². The molecule has 0 saturated heterocycles. The van der Waals surface area contributed by atoms with Gasteiger partial charge in [0.25, 0.3) is 0 Å². The first-order chi connectivity index (χ1) is 13.1. The van der Waals surface area contributed by atoms with Gasteiger partial charge in [-0.25, -0.2) is 0 Å². The number of rotatable bonds is 7. The number of aromatic amines is 1. The van der Waals surface area contributed by atoms with E-state index in [1.54, 1.807) is 7.11 Å². The summed E-state index contributed by atoms with van der Waals surface area (Å²) >= 11 is 5.41. The third-order valence-electron chi connectivity index (χ3n) is 4.53. The Morgan fingerprint density at radius 1 is 1.15 bits per heavy atom. The highest BCUT2D eigenvalue weighted by Gasteiger charge is 2.18. The molecule has 3 N–H and O–H groups in total. The molecule has 0 amide bonds. The van der Waals surface area contributed by atoms with Crippen molar-refractivity contribution < 1.29 is 4.74 Å². The number of hydrogen-bond donors (Lipinski definition) is 3. The van der Waals surface area contributed by atoms with Crippen molar-refractivity contribution in [2.24, 2.45) is 0 Å². The van der Waals surface area contributed by atoms with Crippen LogP contribution in [0, 0.1) is 0 Å². The summed E-state index contributed by atoms with van der Waals surface area (Å²) in [5.74, 6) is 1.000. The number of thiocarbonyl (C=S) groups is 1. The molecule has 4 nitrogen and oxygen atoms in total. The van der Waals surface area contributed by atoms with Gasteiger partial charge in [-0.15, -0.1) is 0 Å². The maximum Gasteiger partial charge on any atom is 0.166 e. The molecule has 140 valence electrons. The minimum Gasteiger partial charge on any atom is -0.497 e. The fraction of sp³-hybridized carbons (Fsp3) is 0.227. The van der Waals surface area contributed by atoms with Gasteiger partial charge in [-0.3, -0.25) is 0 Å². The monoisotopic (exact) mass is 379 g/mol. The summed E-state index contributed by atoms with van der Waals surface area (Å²) in [6.07, 6.45) is 2.09. The van der Waals surface area contributed by atoms with Crippen LogP contribution in [0.25, 0.3) is 10.9 Å². The number of methoxy groups -OCH3 is 1. The number of hydrogen-bond acceptors (Lipinski definition) is 2. The van der Waals surface area contributed by atoms with Crippen LogP contribution in [0.1, 0.15) is 24.0 Å². The number of ether oxygens (including phenoxy) is 1. The average Bonchev–Trinajstić information content (AvgIpc) is 3.11. The van der Waals surface area contributed by atoms with Gasteiger partial charge in [0.05, 0.1) is 7.11 Å². The largest absolute Gasteiger partial charge is 0.497 e. The Hall–Kier alpha value is -2.79. The van der Waals surface area contributed by atoms with E-state index >= 15 is 0 Å². The van der Waals surface area contributed by atoms with E-state index in [1.165, 1.54) is 16.5 Å². The predicted molar refractivity (Wildman–Crippen MR) is 117 cm³/mol. The Bertz CT molecular complexity index is 930. The number of nitrogens with one attached hydrogen (secondary N) is 3. The fourth-order valence-corrected chi connectivity index (χ4v) is 3.27. The Morgan fingerprint density at radius 2 is 1.89 bits per heavy atom. The van der Waals surface area contributed by atoms with Crippen LogP contribution in [0.5, 0.6) is 5.75 Å². The number of fused-ring (bicyclic) bond motifs is 1. The van der Waals surface area contributed by atoms with Crippen LogP contribution in [0.15, 0.2) is 66.9 Å². The topological polar surface area (TPSA) is 49.1 Å². The van der Waals surface area contributed by atoms with Crippen molar-refractivity contribution >= 4 is 28.2 Å². The van der Waals surface area contributed by atoms with Crippen LogP contribution in [0.4, 0.5) is 0 Å². The quantitative estimate of drug-likeness (QED) is 0.422. The van der Waals surface area contributed by atoms with E-state index < -0.39 is 0 Å². The Balaban J connectivity index is 1.86.